The summed E-state index contributed by atoms with van der Waals surface area (Å²) < 4.78 is 10.6. The molecule has 0 saturated heterocycles. The molecule has 1 aliphatic heterocycles. The van der Waals surface area contributed by atoms with E-state index in [0.717, 1.165) is 37.8 Å². The zero-order valence-corrected chi connectivity index (χ0v) is 18.5. The quantitative estimate of drug-likeness (QED) is 0.363. The molecule has 0 spiro atoms. The molecule has 0 aliphatic carbocycles. The molecule has 0 bridgehead atoms. The van der Waals surface area contributed by atoms with Gasteiger partial charge in [-0.15, -0.1) is 0 Å². The predicted molar refractivity (Wildman–Crippen MR) is 118 cm³/mol. The molecule has 0 saturated carbocycles. The van der Waals surface area contributed by atoms with E-state index in [1.54, 1.807) is 4.90 Å². The summed E-state index contributed by atoms with van der Waals surface area (Å²) in [5, 5.41) is 2.69. The Morgan fingerprint density at radius 1 is 1.20 bits per heavy atom. The third kappa shape index (κ3) is 10.5. The Kier molecular flexibility index (Phi) is 13.4. The molecule has 0 aromatic heterocycles. The number of alkyl carbamates (subject to hydrolysis) is 1. The number of amides is 2. The molecule has 0 aromatic carbocycles. The van der Waals surface area contributed by atoms with Crippen molar-refractivity contribution in [2.24, 2.45) is 11.5 Å². The van der Waals surface area contributed by atoms with Gasteiger partial charge in [0.05, 0.1) is 13.1 Å². The summed E-state index contributed by atoms with van der Waals surface area (Å²) in [5.41, 5.74) is 12.6. The Morgan fingerprint density at radius 2 is 1.97 bits per heavy atom. The van der Waals surface area contributed by atoms with Crippen LogP contribution in [-0.4, -0.2) is 80.5 Å². The van der Waals surface area contributed by atoms with Crippen molar-refractivity contribution in [2.75, 3.05) is 52.5 Å². The van der Waals surface area contributed by atoms with Gasteiger partial charge in [0.25, 0.3) is 0 Å². The van der Waals surface area contributed by atoms with Crippen LogP contribution in [0.15, 0.2) is 23.9 Å². The first-order chi connectivity index (χ1) is 14.5. The number of carbonyl (C=O) groups is 2. The van der Waals surface area contributed by atoms with Crippen LogP contribution in [0.25, 0.3) is 0 Å². The fourth-order valence-corrected chi connectivity index (χ4v) is 2.79. The van der Waals surface area contributed by atoms with Crippen molar-refractivity contribution in [1.29, 1.82) is 0 Å². The first-order valence-electron chi connectivity index (χ1n) is 10.9. The molecule has 172 valence electrons. The van der Waals surface area contributed by atoms with Crippen LogP contribution in [0.3, 0.4) is 0 Å². The van der Waals surface area contributed by atoms with Crippen LogP contribution in [0.5, 0.6) is 0 Å². The molecule has 1 heterocycles. The van der Waals surface area contributed by atoms with Gasteiger partial charge >= 0.3 is 12.2 Å². The lowest BCUT2D eigenvalue weighted by Crippen LogP contribution is -2.38. The standard InChI is InChI=1S/C21H39N5O4/c1-3-5-9-24-20(27)29-15-13-26(11-6-4-2)21(28)30-14-12-25-10-7-8-18(17-25)19(23)16-22/h7-8,17,19H,3-6,9-16,22-23H2,1-2H3,(H,24,27). The van der Waals surface area contributed by atoms with E-state index >= 15 is 0 Å². The Balaban J connectivity index is 2.38. The van der Waals surface area contributed by atoms with Gasteiger partial charge < -0.3 is 36.1 Å². The minimum atomic E-state index is -0.455. The first-order valence-corrected chi connectivity index (χ1v) is 10.9. The van der Waals surface area contributed by atoms with Crippen molar-refractivity contribution in [3.63, 3.8) is 0 Å². The molecule has 2 amide bonds. The zero-order valence-electron chi connectivity index (χ0n) is 18.5. The number of rotatable bonds is 14. The van der Waals surface area contributed by atoms with Gasteiger partial charge in [-0.25, -0.2) is 9.59 Å². The molecule has 5 N–H and O–H groups in total. The summed E-state index contributed by atoms with van der Waals surface area (Å²) in [4.78, 5) is 27.7. The van der Waals surface area contributed by atoms with Crippen LogP contribution >= 0.6 is 0 Å². The average Bonchev–Trinajstić information content (AvgIpc) is 2.75. The summed E-state index contributed by atoms with van der Waals surface area (Å²) in [6.07, 6.45) is 8.83. The van der Waals surface area contributed by atoms with Crippen molar-refractivity contribution < 1.29 is 19.1 Å². The summed E-state index contributed by atoms with van der Waals surface area (Å²) in [6.45, 7) is 7.65. The van der Waals surface area contributed by atoms with Crippen molar-refractivity contribution >= 4 is 12.2 Å². The first kappa shape index (κ1) is 25.8. The second kappa shape index (κ2) is 15.6. The smallest absolute Gasteiger partial charge is 0.409 e. The maximum Gasteiger partial charge on any atom is 0.409 e. The van der Waals surface area contributed by atoms with Gasteiger partial charge in [-0.05, 0) is 18.4 Å². The number of unbranched alkanes of at least 4 members (excludes halogenated alkanes) is 2. The van der Waals surface area contributed by atoms with Gasteiger partial charge in [0, 0.05) is 38.4 Å². The van der Waals surface area contributed by atoms with Gasteiger partial charge in [0.1, 0.15) is 13.2 Å². The molecular formula is C21H39N5O4. The summed E-state index contributed by atoms with van der Waals surface area (Å²) >= 11 is 0. The lowest BCUT2D eigenvalue weighted by Gasteiger charge is -2.26. The topological polar surface area (TPSA) is 123 Å². The number of nitrogens with two attached hydrogens (primary N) is 2. The molecule has 0 fully saturated rings. The third-order valence-electron chi connectivity index (χ3n) is 4.70. The van der Waals surface area contributed by atoms with Crippen LogP contribution < -0.4 is 16.8 Å². The molecule has 1 aliphatic rings. The van der Waals surface area contributed by atoms with Gasteiger partial charge in [-0.3, -0.25) is 0 Å². The number of ether oxygens (including phenoxy) is 2. The summed E-state index contributed by atoms with van der Waals surface area (Å²) in [7, 11) is 0. The summed E-state index contributed by atoms with van der Waals surface area (Å²) in [5.74, 6) is 0. The lowest BCUT2D eigenvalue weighted by molar-refractivity contribution is 0.0822. The highest BCUT2D eigenvalue weighted by Gasteiger charge is 2.16. The Labute approximate surface area is 180 Å². The van der Waals surface area contributed by atoms with E-state index < -0.39 is 12.2 Å². The van der Waals surface area contributed by atoms with E-state index in [9.17, 15) is 9.59 Å². The second-order valence-electron chi connectivity index (χ2n) is 7.24. The van der Waals surface area contributed by atoms with Crippen LogP contribution in [0, 0.1) is 0 Å². The monoisotopic (exact) mass is 425 g/mol. The minimum Gasteiger partial charge on any atom is -0.448 e. The van der Waals surface area contributed by atoms with Crippen LogP contribution in [0.2, 0.25) is 0 Å². The molecule has 1 unspecified atom stereocenters. The van der Waals surface area contributed by atoms with Gasteiger partial charge in [0.2, 0.25) is 0 Å². The van der Waals surface area contributed by atoms with E-state index in [4.69, 9.17) is 20.9 Å². The summed E-state index contributed by atoms with van der Waals surface area (Å²) in [6, 6.07) is -0.199. The Morgan fingerprint density at radius 3 is 2.67 bits per heavy atom. The van der Waals surface area contributed by atoms with Crippen molar-refractivity contribution in [3.05, 3.63) is 23.9 Å². The number of hydrogen-bond acceptors (Lipinski definition) is 7. The van der Waals surface area contributed by atoms with Crippen molar-refractivity contribution in [3.8, 4) is 0 Å². The van der Waals surface area contributed by atoms with Gasteiger partial charge in [-0.2, -0.15) is 0 Å². The predicted octanol–water partition coefficient (Wildman–Crippen LogP) is 1.79. The Bertz CT molecular complexity index is 568. The largest absolute Gasteiger partial charge is 0.448 e. The Hall–Kier alpha value is -2.26. The average molecular weight is 426 g/mol. The normalized spacial score (nSPS) is 14.1. The third-order valence-corrected chi connectivity index (χ3v) is 4.70. The van der Waals surface area contributed by atoms with Gasteiger partial charge in [0.15, 0.2) is 0 Å². The maximum atomic E-state index is 12.5. The highest BCUT2D eigenvalue weighted by atomic mass is 16.6. The SMILES string of the molecule is CCCCNC(=O)OCCN(CCCC)C(=O)OCCN1C=C(C(N)CN)C=CC1. The van der Waals surface area contributed by atoms with Crippen molar-refractivity contribution in [2.45, 2.75) is 45.6 Å². The van der Waals surface area contributed by atoms with Crippen LogP contribution in [-0.2, 0) is 9.47 Å². The van der Waals surface area contributed by atoms with E-state index in [1.807, 2.05) is 23.3 Å². The minimum absolute atomic E-state index is 0.136. The molecule has 0 aromatic rings. The second-order valence-corrected chi connectivity index (χ2v) is 7.24. The van der Waals surface area contributed by atoms with E-state index in [1.165, 1.54) is 0 Å². The zero-order chi connectivity index (χ0) is 22.2. The molecule has 9 nitrogen and oxygen atoms in total. The molecular weight excluding hydrogens is 386 g/mol. The molecule has 1 rings (SSSR count). The highest BCUT2D eigenvalue weighted by Crippen LogP contribution is 2.10. The molecule has 1 atom stereocenters. The van der Waals surface area contributed by atoms with E-state index in [-0.39, 0.29) is 19.3 Å². The lowest BCUT2D eigenvalue weighted by atomic mass is 10.1. The van der Waals surface area contributed by atoms with Crippen molar-refractivity contribution in [1.82, 2.24) is 15.1 Å². The number of hydrogen-bond donors (Lipinski definition) is 3. The van der Waals surface area contributed by atoms with Crippen LogP contribution in [0.4, 0.5) is 9.59 Å². The highest BCUT2D eigenvalue weighted by molar-refractivity contribution is 5.68. The number of carbonyl (C=O) groups excluding carboxylic acids is 2. The molecule has 30 heavy (non-hydrogen) atoms. The van der Waals surface area contributed by atoms with E-state index in [0.29, 0.717) is 32.7 Å². The molecule has 0 radical (unpaired) electrons. The van der Waals surface area contributed by atoms with Crippen LogP contribution in [0.1, 0.15) is 39.5 Å². The fraction of sp³-hybridized carbons (Fsp3) is 0.714. The maximum absolute atomic E-state index is 12.5. The molecule has 9 heteroatoms. The number of nitrogens with one attached hydrogen (secondary N) is 1. The van der Waals surface area contributed by atoms with E-state index in [2.05, 4.69) is 19.2 Å². The van der Waals surface area contributed by atoms with Gasteiger partial charge in [-0.1, -0.05) is 38.8 Å². The number of nitrogens with zero attached hydrogens (tertiary/aromatic N) is 2. The fourth-order valence-electron chi connectivity index (χ4n) is 2.79.